The number of amides is 2. The Morgan fingerprint density at radius 3 is 2.50 bits per heavy atom. The summed E-state index contributed by atoms with van der Waals surface area (Å²) in [5.74, 6) is 1.48. The van der Waals surface area contributed by atoms with Gasteiger partial charge in [-0.2, -0.15) is 0 Å². The van der Waals surface area contributed by atoms with Crippen molar-refractivity contribution in [2.45, 2.75) is 19.9 Å². The molecule has 1 aromatic carbocycles. The highest BCUT2D eigenvalue weighted by Crippen LogP contribution is 2.04. The van der Waals surface area contributed by atoms with Gasteiger partial charge in [-0.3, -0.25) is 0 Å². The Kier molecular flexibility index (Phi) is 6.11. The van der Waals surface area contributed by atoms with Gasteiger partial charge in [0, 0.05) is 13.1 Å². The van der Waals surface area contributed by atoms with E-state index in [2.05, 4.69) is 11.2 Å². The largest absolute Gasteiger partial charge is 0.478 e. The zero-order chi connectivity index (χ0) is 15.0. The van der Waals surface area contributed by atoms with E-state index < -0.39 is 5.97 Å². The maximum absolute atomic E-state index is 11.9. The summed E-state index contributed by atoms with van der Waals surface area (Å²) in [5, 5.41) is 11.6. The van der Waals surface area contributed by atoms with Gasteiger partial charge in [-0.1, -0.05) is 25.0 Å². The molecule has 1 rings (SSSR count). The Labute approximate surface area is 118 Å². The zero-order valence-corrected chi connectivity index (χ0v) is 11.4. The second kappa shape index (κ2) is 7.85. The van der Waals surface area contributed by atoms with Gasteiger partial charge in [0.25, 0.3) is 0 Å². The van der Waals surface area contributed by atoms with E-state index in [1.54, 1.807) is 17.0 Å². The first kappa shape index (κ1) is 15.6. The highest BCUT2D eigenvalue weighted by molar-refractivity contribution is 5.87. The number of urea groups is 1. The van der Waals surface area contributed by atoms with E-state index in [-0.39, 0.29) is 18.1 Å². The van der Waals surface area contributed by atoms with Crippen LogP contribution in [-0.2, 0) is 6.54 Å². The van der Waals surface area contributed by atoms with E-state index in [1.807, 2.05) is 6.92 Å². The quantitative estimate of drug-likeness (QED) is 0.779. The first-order valence-corrected chi connectivity index (χ1v) is 6.37. The lowest BCUT2D eigenvalue weighted by molar-refractivity contribution is 0.0697. The van der Waals surface area contributed by atoms with Crippen molar-refractivity contribution in [3.63, 3.8) is 0 Å². The molecule has 0 spiro atoms. The number of terminal acetylenes is 1. The van der Waals surface area contributed by atoms with Crippen molar-refractivity contribution in [3.05, 3.63) is 35.4 Å². The molecule has 0 radical (unpaired) electrons. The molecule has 0 bridgehead atoms. The number of aromatic carboxylic acids is 1. The minimum atomic E-state index is -0.969. The highest BCUT2D eigenvalue weighted by atomic mass is 16.4. The van der Waals surface area contributed by atoms with Crippen LogP contribution in [-0.4, -0.2) is 35.1 Å². The number of carboxylic acid groups (broad SMARTS) is 1. The molecule has 0 saturated heterocycles. The summed E-state index contributed by atoms with van der Waals surface area (Å²) in [6, 6.07) is 6.15. The molecule has 0 aliphatic heterocycles. The minimum Gasteiger partial charge on any atom is -0.478 e. The SMILES string of the molecule is C#CCN(CCC)C(=O)NCc1ccc(C(=O)O)cc1. The third kappa shape index (κ3) is 4.65. The topological polar surface area (TPSA) is 69.6 Å². The van der Waals surface area contributed by atoms with Crippen molar-refractivity contribution >= 4 is 12.0 Å². The van der Waals surface area contributed by atoms with Crippen LogP contribution in [0.15, 0.2) is 24.3 Å². The molecule has 106 valence electrons. The van der Waals surface area contributed by atoms with Crippen molar-refractivity contribution in [1.82, 2.24) is 10.2 Å². The first-order chi connectivity index (χ1) is 9.58. The van der Waals surface area contributed by atoms with Crippen LogP contribution in [0.1, 0.15) is 29.3 Å². The molecule has 2 amide bonds. The fourth-order valence-electron chi connectivity index (χ4n) is 1.69. The van der Waals surface area contributed by atoms with Crippen molar-refractivity contribution < 1.29 is 14.7 Å². The summed E-state index contributed by atoms with van der Waals surface area (Å²) in [6.45, 7) is 3.19. The molecule has 0 aromatic heterocycles. The van der Waals surface area contributed by atoms with E-state index >= 15 is 0 Å². The van der Waals surface area contributed by atoms with E-state index in [1.165, 1.54) is 12.1 Å². The predicted octanol–water partition coefficient (Wildman–Crippen LogP) is 1.94. The molecule has 0 aliphatic carbocycles. The van der Waals surface area contributed by atoms with Crippen LogP contribution in [0.3, 0.4) is 0 Å². The second-order valence-electron chi connectivity index (χ2n) is 4.29. The summed E-state index contributed by atoms with van der Waals surface area (Å²) in [5.41, 5.74) is 1.06. The standard InChI is InChI=1S/C15H18N2O3/c1-3-9-17(10-4-2)15(20)16-11-12-5-7-13(8-6-12)14(18)19/h1,5-8H,4,9-11H2,2H3,(H,16,20)(H,18,19). The third-order valence-corrected chi connectivity index (χ3v) is 2.71. The Morgan fingerprint density at radius 1 is 1.35 bits per heavy atom. The minimum absolute atomic E-state index is 0.216. The number of benzene rings is 1. The van der Waals surface area contributed by atoms with Gasteiger partial charge in [0.1, 0.15) is 0 Å². The van der Waals surface area contributed by atoms with Gasteiger partial charge in [-0.15, -0.1) is 6.42 Å². The van der Waals surface area contributed by atoms with Gasteiger partial charge in [0.15, 0.2) is 0 Å². The lowest BCUT2D eigenvalue weighted by Gasteiger charge is -2.20. The van der Waals surface area contributed by atoms with Gasteiger partial charge in [-0.05, 0) is 24.1 Å². The third-order valence-electron chi connectivity index (χ3n) is 2.71. The van der Waals surface area contributed by atoms with E-state index in [9.17, 15) is 9.59 Å². The smallest absolute Gasteiger partial charge is 0.335 e. The van der Waals surface area contributed by atoms with Crippen molar-refractivity contribution in [2.24, 2.45) is 0 Å². The highest BCUT2D eigenvalue weighted by Gasteiger charge is 2.10. The first-order valence-electron chi connectivity index (χ1n) is 6.37. The molecular formula is C15H18N2O3. The number of hydrogen-bond donors (Lipinski definition) is 2. The number of nitrogens with one attached hydrogen (secondary N) is 1. The van der Waals surface area contributed by atoms with Gasteiger partial charge >= 0.3 is 12.0 Å². The van der Waals surface area contributed by atoms with E-state index in [0.717, 1.165) is 12.0 Å². The summed E-state index contributed by atoms with van der Waals surface area (Å²) in [6.07, 6.45) is 6.06. The number of nitrogens with zero attached hydrogens (tertiary/aromatic N) is 1. The summed E-state index contributed by atoms with van der Waals surface area (Å²) in [4.78, 5) is 24.2. The van der Waals surface area contributed by atoms with Crippen LogP contribution in [0.5, 0.6) is 0 Å². The molecule has 20 heavy (non-hydrogen) atoms. The fourth-order valence-corrected chi connectivity index (χ4v) is 1.69. The number of rotatable bonds is 6. The Balaban J connectivity index is 2.55. The zero-order valence-electron chi connectivity index (χ0n) is 11.4. The summed E-state index contributed by atoms with van der Waals surface area (Å²) in [7, 11) is 0. The van der Waals surface area contributed by atoms with Gasteiger partial charge < -0.3 is 15.3 Å². The molecule has 5 nitrogen and oxygen atoms in total. The molecule has 2 N–H and O–H groups in total. The summed E-state index contributed by atoms with van der Waals surface area (Å²) >= 11 is 0. The lowest BCUT2D eigenvalue weighted by atomic mass is 10.1. The van der Waals surface area contributed by atoms with Gasteiger partial charge in [-0.25, -0.2) is 9.59 Å². The number of carboxylic acids is 1. The summed E-state index contributed by atoms with van der Waals surface area (Å²) < 4.78 is 0. The van der Waals surface area contributed by atoms with E-state index in [4.69, 9.17) is 11.5 Å². The van der Waals surface area contributed by atoms with Crippen LogP contribution in [0.2, 0.25) is 0 Å². The van der Waals surface area contributed by atoms with Crippen molar-refractivity contribution in [3.8, 4) is 12.3 Å². The molecule has 0 unspecified atom stereocenters. The molecule has 0 heterocycles. The van der Waals surface area contributed by atoms with Crippen LogP contribution in [0.25, 0.3) is 0 Å². The van der Waals surface area contributed by atoms with Crippen LogP contribution >= 0.6 is 0 Å². The number of carbonyl (C=O) groups is 2. The monoisotopic (exact) mass is 274 g/mol. The van der Waals surface area contributed by atoms with Crippen LogP contribution in [0.4, 0.5) is 4.79 Å². The molecule has 0 fully saturated rings. The second-order valence-corrected chi connectivity index (χ2v) is 4.29. The molecule has 0 aliphatic rings. The Hall–Kier alpha value is -2.48. The molecular weight excluding hydrogens is 256 g/mol. The van der Waals surface area contributed by atoms with Crippen LogP contribution in [0, 0.1) is 12.3 Å². The predicted molar refractivity (Wildman–Crippen MR) is 76.3 cm³/mol. The molecule has 0 atom stereocenters. The van der Waals surface area contributed by atoms with E-state index in [0.29, 0.717) is 13.1 Å². The Morgan fingerprint density at radius 2 is 2.00 bits per heavy atom. The average Bonchev–Trinajstić information content (AvgIpc) is 2.45. The average molecular weight is 274 g/mol. The van der Waals surface area contributed by atoms with Crippen molar-refractivity contribution in [1.29, 1.82) is 0 Å². The molecule has 1 aromatic rings. The molecule has 5 heteroatoms. The van der Waals surface area contributed by atoms with Gasteiger partial charge in [0.05, 0.1) is 12.1 Å². The van der Waals surface area contributed by atoms with Crippen molar-refractivity contribution in [2.75, 3.05) is 13.1 Å². The fraction of sp³-hybridized carbons (Fsp3) is 0.333. The lowest BCUT2D eigenvalue weighted by Crippen LogP contribution is -2.40. The maximum Gasteiger partial charge on any atom is 0.335 e. The Bertz CT molecular complexity index is 503. The number of carbonyl (C=O) groups excluding carboxylic acids is 1. The normalized spacial score (nSPS) is 9.60. The molecule has 0 saturated carbocycles. The van der Waals surface area contributed by atoms with Crippen LogP contribution < -0.4 is 5.32 Å². The number of hydrogen-bond acceptors (Lipinski definition) is 2. The maximum atomic E-state index is 11.9. The van der Waals surface area contributed by atoms with Gasteiger partial charge in [0.2, 0.25) is 0 Å².